The summed E-state index contributed by atoms with van der Waals surface area (Å²) in [4.78, 5) is 13.4. The summed E-state index contributed by atoms with van der Waals surface area (Å²) < 4.78 is 12.7. The molecule has 1 saturated heterocycles. The van der Waals surface area contributed by atoms with Crippen LogP contribution in [-0.4, -0.2) is 47.8 Å². The summed E-state index contributed by atoms with van der Waals surface area (Å²) in [7, 11) is 4.43. The zero-order chi connectivity index (χ0) is 19.5. The number of para-hydroxylation sites is 2. The largest absolute Gasteiger partial charge is 0.459 e. The molecule has 0 saturated carbocycles. The number of esters is 1. The second-order valence-electron chi connectivity index (χ2n) is 8.45. The van der Waals surface area contributed by atoms with Crippen LogP contribution in [0.5, 0.6) is 11.5 Å². The number of benzene rings is 2. The Balaban J connectivity index is 1.48. The number of likely N-dealkylation sites (N-methyl/N-ethyl adjacent to an activating group) is 1. The Morgan fingerprint density at radius 2 is 1.50 bits per heavy atom. The number of quaternary nitrogens is 1. The first kappa shape index (κ1) is 17.5. The van der Waals surface area contributed by atoms with Crippen LogP contribution < -0.4 is 4.74 Å². The van der Waals surface area contributed by atoms with Crippen molar-refractivity contribution < 1.29 is 23.9 Å². The predicted octanol–water partition coefficient (Wildman–Crippen LogP) is 3.12. The number of hydrogen-bond acceptors (Lipinski definition) is 4. The third-order valence-corrected chi connectivity index (χ3v) is 6.62. The van der Waals surface area contributed by atoms with Gasteiger partial charge in [-0.25, -0.2) is 4.79 Å². The molecule has 0 aliphatic carbocycles. The molecule has 5 rings (SSSR count). The SMILES string of the molecule is C[N+]1(C)C2C=C[C@@H]1CC(OC(=O)C1(O)c3ccccc3Oc3ccccc31)C2. The Labute approximate surface area is 164 Å². The van der Waals surface area contributed by atoms with Gasteiger partial charge in [0.1, 0.15) is 29.7 Å². The number of carbonyl (C=O) groups is 1. The molecule has 2 bridgehead atoms. The standard InChI is InChI=1S/C23H24NO4/c1-24(2)15-11-12-16(24)14-17(13-15)27-22(25)23(26)18-7-3-5-9-20(18)28-21-10-6-4-8-19(21)23/h3-12,15-17,26H,13-14H2,1-2H3/q+1/t15-,16?,17?/m1/s1. The van der Waals surface area contributed by atoms with Gasteiger partial charge in [-0.05, 0) is 24.3 Å². The third-order valence-electron chi connectivity index (χ3n) is 6.62. The van der Waals surface area contributed by atoms with Crippen LogP contribution in [0.25, 0.3) is 0 Å². The van der Waals surface area contributed by atoms with E-state index in [-0.39, 0.29) is 6.10 Å². The minimum Gasteiger partial charge on any atom is -0.459 e. The van der Waals surface area contributed by atoms with Gasteiger partial charge in [0.05, 0.1) is 14.1 Å². The van der Waals surface area contributed by atoms with Crippen molar-refractivity contribution in [2.24, 2.45) is 0 Å². The van der Waals surface area contributed by atoms with Crippen LogP contribution in [0.2, 0.25) is 0 Å². The summed E-state index contributed by atoms with van der Waals surface area (Å²) in [5.74, 6) is 0.319. The molecule has 1 fully saturated rings. The van der Waals surface area contributed by atoms with Crippen LogP contribution in [0.3, 0.4) is 0 Å². The fourth-order valence-corrected chi connectivity index (χ4v) is 4.81. The molecule has 3 aliphatic rings. The van der Waals surface area contributed by atoms with Crippen molar-refractivity contribution >= 4 is 5.97 Å². The maximum Gasteiger partial charge on any atom is 0.348 e. The summed E-state index contributed by atoms with van der Waals surface area (Å²) >= 11 is 0. The molecule has 2 unspecified atom stereocenters. The van der Waals surface area contributed by atoms with Gasteiger partial charge in [0.25, 0.3) is 0 Å². The van der Waals surface area contributed by atoms with Crippen LogP contribution >= 0.6 is 0 Å². The lowest BCUT2D eigenvalue weighted by atomic mass is 9.83. The lowest BCUT2D eigenvalue weighted by molar-refractivity contribution is -0.926. The van der Waals surface area contributed by atoms with Gasteiger partial charge >= 0.3 is 5.97 Å². The average molecular weight is 378 g/mol. The van der Waals surface area contributed by atoms with E-state index in [2.05, 4.69) is 26.2 Å². The van der Waals surface area contributed by atoms with Crippen molar-refractivity contribution in [2.45, 2.75) is 36.6 Å². The fourth-order valence-electron chi connectivity index (χ4n) is 4.81. The van der Waals surface area contributed by atoms with Crippen molar-refractivity contribution in [2.75, 3.05) is 14.1 Å². The van der Waals surface area contributed by atoms with Gasteiger partial charge in [-0.15, -0.1) is 0 Å². The normalized spacial score (nSPS) is 28.0. The topological polar surface area (TPSA) is 55.8 Å². The number of piperidine rings is 1. The van der Waals surface area contributed by atoms with Crippen molar-refractivity contribution in [3.05, 3.63) is 71.8 Å². The number of rotatable bonds is 2. The van der Waals surface area contributed by atoms with Crippen LogP contribution in [-0.2, 0) is 15.1 Å². The van der Waals surface area contributed by atoms with Crippen LogP contribution in [0, 0.1) is 0 Å². The van der Waals surface area contributed by atoms with Crippen molar-refractivity contribution in [1.29, 1.82) is 0 Å². The van der Waals surface area contributed by atoms with Gasteiger partial charge in [0.15, 0.2) is 0 Å². The Morgan fingerprint density at radius 1 is 1.00 bits per heavy atom. The van der Waals surface area contributed by atoms with Gasteiger partial charge in [-0.3, -0.25) is 0 Å². The molecule has 2 aromatic rings. The molecule has 0 radical (unpaired) electrons. The number of ether oxygens (including phenoxy) is 2. The van der Waals surface area contributed by atoms with Gasteiger partial charge in [-0.1, -0.05) is 36.4 Å². The van der Waals surface area contributed by atoms with E-state index < -0.39 is 11.6 Å². The van der Waals surface area contributed by atoms with E-state index in [1.54, 1.807) is 36.4 Å². The summed E-state index contributed by atoms with van der Waals surface area (Å²) in [5.41, 5.74) is -1.03. The van der Waals surface area contributed by atoms with Crippen molar-refractivity contribution in [3.8, 4) is 11.5 Å². The third kappa shape index (κ3) is 2.36. The monoisotopic (exact) mass is 378 g/mol. The Morgan fingerprint density at radius 3 is 2.04 bits per heavy atom. The first-order chi connectivity index (χ1) is 13.4. The summed E-state index contributed by atoms with van der Waals surface area (Å²) in [5, 5.41) is 11.7. The molecule has 5 nitrogen and oxygen atoms in total. The van der Waals surface area contributed by atoms with E-state index in [1.807, 2.05) is 12.1 Å². The summed E-state index contributed by atoms with van der Waals surface area (Å²) in [6.07, 6.45) is 5.77. The van der Waals surface area contributed by atoms with E-state index in [1.165, 1.54) is 0 Å². The molecule has 5 heteroatoms. The molecular formula is C23H24NO4+. The van der Waals surface area contributed by atoms with E-state index in [9.17, 15) is 9.90 Å². The van der Waals surface area contributed by atoms with Gasteiger partial charge in [-0.2, -0.15) is 0 Å². The molecule has 0 spiro atoms. The van der Waals surface area contributed by atoms with Crippen molar-refractivity contribution in [1.82, 2.24) is 0 Å². The maximum atomic E-state index is 13.4. The number of carbonyl (C=O) groups excluding carboxylic acids is 1. The zero-order valence-corrected chi connectivity index (χ0v) is 16.0. The Hall–Kier alpha value is -2.63. The Kier molecular flexibility index (Phi) is 3.70. The first-order valence-electron chi connectivity index (χ1n) is 9.72. The first-order valence-corrected chi connectivity index (χ1v) is 9.72. The molecule has 3 heterocycles. The van der Waals surface area contributed by atoms with E-state index in [0.717, 1.165) is 17.3 Å². The fraction of sp³-hybridized carbons (Fsp3) is 0.348. The molecule has 1 N–H and O–H groups in total. The minimum atomic E-state index is -1.88. The van der Waals surface area contributed by atoms with Gasteiger partial charge < -0.3 is 19.1 Å². The lowest BCUT2D eigenvalue weighted by Crippen LogP contribution is -2.57. The maximum absolute atomic E-state index is 13.4. The lowest BCUT2D eigenvalue weighted by Gasteiger charge is -2.44. The van der Waals surface area contributed by atoms with E-state index in [0.29, 0.717) is 34.7 Å². The number of nitrogens with zero attached hydrogens (tertiary/aromatic N) is 1. The highest BCUT2D eigenvalue weighted by Crippen LogP contribution is 2.47. The highest BCUT2D eigenvalue weighted by atomic mass is 16.6. The van der Waals surface area contributed by atoms with Gasteiger partial charge in [0, 0.05) is 24.0 Å². The van der Waals surface area contributed by atoms with E-state index in [4.69, 9.17) is 9.47 Å². The molecule has 0 amide bonds. The molecule has 2 aromatic carbocycles. The van der Waals surface area contributed by atoms with Crippen LogP contribution in [0.15, 0.2) is 60.7 Å². The number of aliphatic hydroxyl groups is 1. The molecule has 28 heavy (non-hydrogen) atoms. The summed E-state index contributed by atoms with van der Waals surface area (Å²) in [6, 6.07) is 14.9. The summed E-state index contributed by atoms with van der Waals surface area (Å²) in [6.45, 7) is 0. The minimum absolute atomic E-state index is 0.213. The predicted molar refractivity (Wildman–Crippen MR) is 104 cm³/mol. The second-order valence-corrected chi connectivity index (χ2v) is 8.45. The van der Waals surface area contributed by atoms with Crippen LogP contribution in [0.1, 0.15) is 24.0 Å². The molecule has 144 valence electrons. The highest BCUT2D eigenvalue weighted by Gasteiger charge is 2.51. The van der Waals surface area contributed by atoms with Gasteiger partial charge in [0.2, 0.25) is 5.60 Å². The molecule has 0 aromatic heterocycles. The molecule has 3 atom stereocenters. The average Bonchev–Trinajstić information content (AvgIpc) is 2.85. The second kappa shape index (κ2) is 5.93. The number of fused-ring (bicyclic) bond motifs is 4. The Bertz CT molecular complexity index is 917. The zero-order valence-electron chi connectivity index (χ0n) is 16.0. The number of hydrogen-bond donors (Lipinski definition) is 1. The quantitative estimate of drug-likeness (QED) is 0.496. The van der Waals surface area contributed by atoms with Crippen LogP contribution in [0.4, 0.5) is 0 Å². The van der Waals surface area contributed by atoms with Crippen molar-refractivity contribution in [3.63, 3.8) is 0 Å². The molecule has 3 aliphatic heterocycles. The molecular weight excluding hydrogens is 354 g/mol. The highest BCUT2D eigenvalue weighted by molar-refractivity contribution is 5.88. The van der Waals surface area contributed by atoms with E-state index >= 15 is 0 Å². The smallest absolute Gasteiger partial charge is 0.348 e.